The van der Waals surface area contributed by atoms with Gasteiger partial charge in [0.1, 0.15) is 0 Å². The summed E-state index contributed by atoms with van der Waals surface area (Å²) in [5.41, 5.74) is 5.02. The minimum Gasteiger partial charge on any atom is -0.465 e. The monoisotopic (exact) mass is 469 g/mol. The molecule has 7 nitrogen and oxygen atoms in total. The third-order valence-corrected chi connectivity index (χ3v) is 5.66. The molecule has 0 atom stereocenters. The Hall–Kier alpha value is -3.99. The van der Waals surface area contributed by atoms with E-state index in [0.29, 0.717) is 22.4 Å². The first-order chi connectivity index (χ1) is 17.0. The Morgan fingerprint density at radius 3 is 2.46 bits per heavy atom. The summed E-state index contributed by atoms with van der Waals surface area (Å²) in [6.07, 6.45) is 3.11. The number of methoxy groups -OCH3 is 1. The van der Waals surface area contributed by atoms with Gasteiger partial charge in [-0.1, -0.05) is 30.0 Å². The summed E-state index contributed by atoms with van der Waals surface area (Å²) in [5, 5.41) is 2.84. The van der Waals surface area contributed by atoms with Crippen molar-refractivity contribution in [1.82, 2.24) is 9.88 Å². The van der Waals surface area contributed by atoms with Crippen LogP contribution in [0.25, 0.3) is 11.1 Å². The summed E-state index contributed by atoms with van der Waals surface area (Å²) in [5.74, 6) is 5.65. The van der Waals surface area contributed by atoms with Crippen LogP contribution in [0.1, 0.15) is 34.0 Å². The molecule has 0 aliphatic carbocycles. The van der Waals surface area contributed by atoms with Crippen molar-refractivity contribution < 1.29 is 19.1 Å². The molecule has 0 radical (unpaired) electrons. The number of nitrogens with zero attached hydrogens (tertiary/aromatic N) is 2. The number of nitrogens with one attached hydrogen (secondary N) is 1. The molecular weight excluding hydrogens is 442 g/mol. The van der Waals surface area contributed by atoms with Gasteiger partial charge in [0.25, 0.3) is 0 Å². The van der Waals surface area contributed by atoms with E-state index in [2.05, 4.69) is 39.2 Å². The predicted molar refractivity (Wildman–Crippen MR) is 134 cm³/mol. The number of hydrogen-bond acceptors (Lipinski definition) is 6. The van der Waals surface area contributed by atoms with Gasteiger partial charge in [0.15, 0.2) is 0 Å². The second kappa shape index (κ2) is 11.4. The van der Waals surface area contributed by atoms with Gasteiger partial charge in [0.2, 0.25) is 5.91 Å². The van der Waals surface area contributed by atoms with Gasteiger partial charge < -0.3 is 14.8 Å². The number of hydrogen-bond donors (Lipinski definition) is 1. The Labute approximate surface area is 205 Å². The maximum absolute atomic E-state index is 12.2. The van der Waals surface area contributed by atoms with Crippen LogP contribution in [0.15, 0.2) is 60.9 Å². The summed E-state index contributed by atoms with van der Waals surface area (Å²) in [4.78, 5) is 30.6. The molecule has 7 heteroatoms. The van der Waals surface area contributed by atoms with Gasteiger partial charge in [-0.2, -0.15) is 0 Å². The summed E-state index contributed by atoms with van der Waals surface area (Å²) < 4.78 is 10.3. The topological polar surface area (TPSA) is 80.8 Å². The van der Waals surface area contributed by atoms with Gasteiger partial charge in [-0.25, -0.2) is 4.79 Å². The van der Waals surface area contributed by atoms with Crippen LogP contribution in [-0.4, -0.2) is 55.2 Å². The molecule has 1 N–H and O–H groups in total. The van der Waals surface area contributed by atoms with Crippen LogP contribution < -0.4 is 5.32 Å². The Kier molecular flexibility index (Phi) is 7.88. The minimum atomic E-state index is -0.475. The molecule has 1 fully saturated rings. The van der Waals surface area contributed by atoms with Crippen LogP contribution in [0.5, 0.6) is 0 Å². The van der Waals surface area contributed by atoms with Crippen LogP contribution in [0.4, 0.5) is 5.69 Å². The molecule has 178 valence electrons. The average Bonchev–Trinajstić information content (AvgIpc) is 2.88. The molecule has 0 bridgehead atoms. The van der Waals surface area contributed by atoms with Crippen molar-refractivity contribution >= 4 is 17.6 Å². The van der Waals surface area contributed by atoms with E-state index in [1.54, 1.807) is 18.3 Å². The normalized spacial score (nSPS) is 13.4. The first kappa shape index (κ1) is 24.1. The van der Waals surface area contributed by atoms with Gasteiger partial charge in [-0.05, 0) is 35.9 Å². The lowest BCUT2D eigenvalue weighted by Crippen LogP contribution is -2.35. The Morgan fingerprint density at radius 2 is 1.74 bits per heavy atom. The highest BCUT2D eigenvalue weighted by atomic mass is 16.5. The molecule has 4 rings (SSSR count). The predicted octanol–water partition coefficient (Wildman–Crippen LogP) is 3.73. The summed E-state index contributed by atoms with van der Waals surface area (Å²) in [7, 11) is 1.33. The quantitative estimate of drug-likeness (QED) is 0.453. The number of aromatic nitrogens is 1. The fourth-order valence-corrected chi connectivity index (χ4v) is 3.90. The first-order valence-corrected chi connectivity index (χ1v) is 11.4. The maximum Gasteiger partial charge on any atom is 0.338 e. The van der Waals surface area contributed by atoms with E-state index in [1.807, 2.05) is 24.3 Å². The molecule has 1 aliphatic rings. The lowest BCUT2D eigenvalue weighted by atomic mass is 9.98. The number of pyridine rings is 1. The summed E-state index contributed by atoms with van der Waals surface area (Å²) in [6, 6.07) is 15.3. The second-order valence-corrected chi connectivity index (χ2v) is 8.19. The maximum atomic E-state index is 12.2. The fraction of sp³-hybridized carbons (Fsp3) is 0.250. The molecule has 2 aromatic carbocycles. The standard InChI is InChI=1S/C28H27N3O4/c1-20(32)30-27-17-22(9-10-24(27)26-18-29-12-11-25(26)28(33)34-2)6-3-21-4-7-23(8-5-21)19-31-13-15-35-16-14-31/h4-5,7-12,17-18H,13-16,19H2,1-2H3,(H,30,32). The Morgan fingerprint density at radius 1 is 1.03 bits per heavy atom. The molecule has 0 saturated carbocycles. The lowest BCUT2D eigenvalue weighted by Gasteiger charge is -2.26. The number of morpholine rings is 1. The smallest absolute Gasteiger partial charge is 0.338 e. The zero-order valence-electron chi connectivity index (χ0n) is 19.8. The number of carbonyl (C=O) groups is 2. The van der Waals surface area contributed by atoms with Gasteiger partial charge in [-0.15, -0.1) is 0 Å². The first-order valence-electron chi connectivity index (χ1n) is 11.4. The molecule has 3 aromatic rings. The van der Waals surface area contributed by atoms with E-state index in [0.717, 1.165) is 44.0 Å². The van der Waals surface area contributed by atoms with Crippen molar-refractivity contribution in [1.29, 1.82) is 0 Å². The van der Waals surface area contributed by atoms with Crippen LogP contribution >= 0.6 is 0 Å². The van der Waals surface area contributed by atoms with E-state index >= 15 is 0 Å². The Balaban J connectivity index is 1.57. The molecule has 1 aromatic heterocycles. The number of ether oxygens (including phenoxy) is 2. The molecule has 1 saturated heterocycles. The highest BCUT2D eigenvalue weighted by Gasteiger charge is 2.17. The molecule has 0 spiro atoms. The number of anilines is 1. The van der Waals surface area contributed by atoms with E-state index in [-0.39, 0.29) is 5.91 Å². The van der Waals surface area contributed by atoms with Crippen molar-refractivity contribution in [3.05, 3.63) is 83.2 Å². The molecule has 1 aliphatic heterocycles. The zero-order chi connectivity index (χ0) is 24.6. The van der Waals surface area contributed by atoms with Crippen LogP contribution in [-0.2, 0) is 20.8 Å². The van der Waals surface area contributed by atoms with Crippen LogP contribution in [0.3, 0.4) is 0 Å². The molecule has 0 unspecified atom stereocenters. The third kappa shape index (κ3) is 6.33. The highest BCUT2D eigenvalue weighted by Crippen LogP contribution is 2.31. The van der Waals surface area contributed by atoms with Gasteiger partial charge in [-0.3, -0.25) is 14.7 Å². The van der Waals surface area contributed by atoms with E-state index in [9.17, 15) is 9.59 Å². The van der Waals surface area contributed by atoms with Crippen molar-refractivity contribution in [2.24, 2.45) is 0 Å². The number of carbonyl (C=O) groups excluding carboxylic acids is 2. The van der Waals surface area contributed by atoms with E-state index in [4.69, 9.17) is 9.47 Å². The van der Waals surface area contributed by atoms with E-state index in [1.165, 1.54) is 25.8 Å². The number of rotatable bonds is 5. The minimum absolute atomic E-state index is 0.226. The fourth-order valence-electron chi connectivity index (χ4n) is 3.90. The molecule has 2 heterocycles. The molecule has 1 amide bonds. The molecular formula is C28H27N3O4. The van der Waals surface area contributed by atoms with E-state index < -0.39 is 5.97 Å². The largest absolute Gasteiger partial charge is 0.465 e. The highest BCUT2D eigenvalue weighted by molar-refractivity contribution is 6.01. The van der Waals surface area contributed by atoms with Crippen LogP contribution in [0.2, 0.25) is 0 Å². The average molecular weight is 470 g/mol. The summed E-state index contributed by atoms with van der Waals surface area (Å²) >= 11 is 0. The van der Waals surface area contributed by atoms with Gasteiger partial charge in [0.05, 0.1) is 25.9 Å². The van der Waals surface area contributed by atoms with Crippen molar-refractivity contribution in [3.8, 4) is 23.0 Å². The second-order valence-electron chi connectivity index (χ2n) is 8.19. The van der Waals surface area contributed by atoms with Crippen LogP contribution in [0, 0.1) is 11.8 Å². The summed E-state index contributed by atoms with van der Waals surface area (Å²) in [6.45, 7) is 5.81. The SMILES string of the molecule is COC(=O)c1ccncc1-c1ccc(C#Cc2ccc(CN3CCOCC3)cc2)cc1NC(C)=O. The zero-order valence-corrected chi connectivity index (χ0v) is 19.8. The number of benzene rings is 2. The number of amides is 1. The van der Waals surface area contributed by atoms with Gasteiger partial charge in [0, 0.05) is 66.9 Å². The van der Waals surface area contributed by atoms with Gasteiger partial charge >= 0.3 is 5.97 Å². The molecule has 35 heavy (non-hydrogen) atoms. The van der Waals surface area contributed by atoms with Crippen molar-refractivity contribution in [2.45, 2.75) is 13.5 Å². The Bertz CT molecular complexity index is 1270. The number of esters is 1. The van der Waals surface area contributed by atoms with Crippen molar-refractivity contribution in [3.63, 3.8) is 0 Å². The van der Waals surface area contributed by atoms with Crippen molar-refractivity contribution in [2.75, 3.05) is 38.7 Å². The lowest BCUT2D eigenvalue weighted by molar-refractivity contribution is -0.114. The third-order valence-electron chi connectivity index (χ3n) is 5.66.